The first-order valence-electron chi connectivity index (χ1n) is 5.82. The van der Waals surface area contributed by atoms with Crippen molar-refractivity contribution in [3.05, 3.63) is 24.0 Å². The van der Waals surface area contributed by atoms with Gasteiger partial charge in [-0.15, -0.1) is 0 Å². The van der Waals surface area contributed by atoms with E-state index >= 15 is 0 Å². The molecule has 1 amide bonds. The summed E-state index contributed by atoms with van der Waals surface area (Å²) in [7, 11) is 1.85. The molecule has 0 aromatic carbocycles. The largest absolute Gasteiger partial charge is 0.388 e. The first kappa shape index (κ1) is 12.8. The van der Waals surface area contributed by atoms with Crippen LogP contribution in [-0.4, -0.2) is 35.5 Å². The van der Waals surface area contributed by atoms with Gasteiger partial charge in [0.05, 0.1) is 12.2 Å². The number of likely N-dealkylation sites (N-methyl/N-ethyl adjacent to an activating group) is 1. The molecule has 0 atom stereocenters. The average Bonchev–Trinajstić information content (AvgIpc) is 3.12. The van der Waals surface area contributed by atoms with Crippen LogP contribution in [0.2, 0.25) is 0 Å². The summed E-state index contributed by atoms with van der Waals surface area (Å²) in [5, 5.41) is 2.95. The summed E-state index contributed by atoms with van der Waals surface area (Å²) >= 11 is 4.88. The van der Waals surface area contributed by atoms with Crippen LogP contribution >= 0.6 is 12.2 Å². The molecule has 0 radical (unpaired) electrons. The van der Waals surface area contributed by atoms with E-state index in [1.807, 2.05) is 18.0 Å². The van der Waals surface area contributed by atoms with E-state index in [-0.39, 0.29) is 10.9 Å². The summed E-state index contributed by atoms with van der Waals surface area (Å²) in [5.41, 5.74) is 6.97. The Bertz CT molecular complexity index is 473. The van der Waals surface area contributed by atoms with Crippen LogP contribution in [0.4, 0.5) is 5.69 Å². The number of aromatic nitrogens is 1. The van der Waals surface area contributed by atoms with Crippen molar-refractivity contribution in [1.82, 2.24) is 10.3 Å². The minimum Gasteiger partial charge on any atom is -0.388 e. The number of nitrogens with two attached hydrogens (primary N) is 1. The molecular formula is C12H16N4OS. The summed E-state index contributed by atoms with van der Waals surface area (Å²) in [5.74, 6) is 0.0358. The third-order valence-corrected chi connectivity index (χ3v) is 2.97. The van der Waals surface area contributed by atoms with Crippen molar-refractivity contribution in [2.24, 2.45) is 5.73 Å². The van der Waals surface area contributed by atoms with Crippen LogP contribution in [0.15, 0.2) is 18.3 Å². The number of hydrogen-bond donors (Lipinski definition) is 2. The zero-order chi connectivity index (χ0) is 13.1. The zero-order valence-corrected chi connectivity index (χ0v) is 11.0. The summed E-state index contributed by atoms with van der Waals surface area (Å²) in [6.45, 7) is 0.317. The van der Waals surface area contributed by atoms with Crippen LogP contribution in [-0.2, 0) is 4.79 Å². The van der Waals surface area contributed by atoms with Gasteiger partial charge >= 0.3 is 0 Å². The van der Waals surface area contributed by atoms with Gasteiger partial charge in [0.25, 0.3) is 0 Å². The number of amides is 1. The van der Waals surface area contributed by atoms with Gasteiger partial charge in [0.2, 0.25) is 5.91 Å². The first-order valence-corrected chi connectivity index (χ1v) is 6.23. The molecule has 1 aliphatic rings. The standard InChI is InChI=1S/C12H16N4OS/c1-16(7-11(17)15-8-2-3-8)9-4-5-14-10(6-9)12(13)18/h4-6,8H,2-3,7H2,1H3,(H2,13,18)(H,15,17). The molecular weight excluding hydrogens is 248 g/mol. The van der Waals surface area contributed by atoms with Gasteiger partial charge in [0, 0.05) is 25.0 Å². The minimum absolute atomic E-state index is 0.0358. The number of anilines is 1. The normalized spacial score (nSPS) is 14.1. The number of rotatable bonds is 5. The van der Waals surface area contributed by atoms with E-state index in [4.69, 9.17) is 18.0 Å². The second kappa shape index (κ2) is 5.30. The summed E-state index contributed by atoms with van der Waals surface area (Å²) in [6, 6.07) is 3.99. The number of carbonyl (C=O) groups excluding carboxylic acids is 1. The molecule has 5 nitrogen and oxygen atoms in total. The molecule has 1 fully saturated rings. The Morgan fingerprint density at radius 2 is 2.39 bits per heavy atom. The quantitative estimate of drug-likeness (QED) is 0.755. The molecule has 3 N–H and O–H groups in total. The molecule has 1 aromatic heterocycles. The molecule has 0 saturated heterocycles. The van der Waals surface area contributed by atoms with Crippen LogP contribution in [0.5, 0.6) is 0 Å². The highest BCUT2D eigenvalue weighted by Gasteiger charge is 2.23. The Balaban J connectivity index is 1.98. The van der Waals surface area contributed by atoms with Crippen molar-refractivity contribution in [3.63, 3.8) is 0 Å². The summed E-state index contributed by atoms with van der Waals surface area (Å²) < 4.78 is 0. The maximum Gasteiger partial charge on any atom is 0.239 e. The van der Waals surface area contributed by atoms with Gasteiger partial charge in [-0.25, -0.2) is 0 Å². The lowest BCUT2D eigenvalue weighted by Crippen LogP contribution is -2.36. The van der Waals surface area contributed by atoms with E-state index in [9.17, 15) is 4.79 Å². The fraction of sp³-hybridized carbons (Fsp3) is 0.417. The van der Waals surface area contributed by atoms with Crippen LogP contribution in [0.25, 0.3) is 0 Å². The van der Waals surface area contributed by atoms with Gasteiger partial charge in [-0.1, -0.05) is 12.2 Å². The number of thiocarbonyl (C=S) groups is 1. The van der Waals surface area contributed by atoms with Crippen molar-refractivity contribution >= 4 is 28.8 Å². The molecule has 6 heteroatoms. The number of pyridine rings is 1. The predicted octanol–water partition coefficient (Wildman–Crippen LogP) is 0.431. The van der Waals surface area contributed by atoms with Gasteiger partial charge in [-0.3, -0.25) is 9.78 Å². The Morgan fingerprint density at radius 3 is 3.00 bits per heavy atom. The molecule has 96 valence electrons. The van der Waals surface area contributed by atoms with E-state index < -0.39 is 0 Å². The molecule has 0 bridgehead atoms. The molecule has 1 heterocycles. The third kappa shape index (κ3) is 3.40. The highest BCUT2D eigenvalue weighted by Crippen LogP contribution is 2.18. The van der Waals surface area contributed by atoms with Gasteiger partial charge < -0.3 is 16.0 Å². The predicted molar refractivity (Wildman–Crippen MR) is 74.6 cm³/mol. The first-order chi connectivity index (χ1) is 8.56. The molecule has 1 aromatic rings. The van der Waals surface area contributed by atoms with E-state index in [1.54, 1.807) is 12.3 Å². The second-order valence-electron chi connectivity index (χ2n) is 4.46. The molecule has 0 aliphatic heterocycles. The lowest BCUT2D eigenvalue weighted by Gasteiger charge is -2.19. The maximum absolute atomic E-state index is 11.7. The Kier molecular flexibility index (Phi) is 3.76. The monoisotopic (exact) mass is 264 g/mol. The van der Waals surface area contributed by atoms with Crippen molar-refractivity contribution in [3.8, 4) is 0 Å². The summed E-state index contributed by atoms with van der Waals surface area (Å²) in [6.07, 6.45) is 3.83. The SMILES string of the molecule is CN(CC(=O)NC1CC1)c1ccnc(C(N)=S)c1. The van der Waals surface area contributed by atoms with Crippen molar-refractivity contribution < 1.29 is 4.79 Å². The lowest BCUT2D eigenvalue weighted by molar-refractivity contribution is -0.119. The number of nitrogens with one attached hydrogen (secondary N) is 1. The van der Waals surface area contributed by atoms with E-state index in [0.717, 1.165) is 18.5 Å². The van der Waals surface area contributed by atoms with Crippen LogP contribution in [0, 0.1) is 0 Å². The van der Waals surface area contributed by atoms with Crippen molar-refractivity contribution in [2.75, 3.05) is 18.5 Å². The highest BCUT2D eigenvalue weighted by molar-refractivity contribution is 7.80. The molecule has 1 saturated carbocycles. The molecule has 1 aliphatic carbocycles. The highest BCUT2D eigenvalue weighted by atomic mass is 32.1. The zero-order valence-electron chi connectivity index (χ0n) is 10.2. The smallest absolute Gasteiger partial charge is 0.239 e. The maximum atomic E-state index is 11.7. The van der Waals surface area contributed by atoms with Crippen LogP contribution in [0.3, 0.4) is 0 Å². The van der Waals surface area contributed by atoms with Gasteiger partial charge in [0.1, 0.15) is 4.99 Å². The Labute approximate surface area is 111 Å². The molecule has 0 spiro atoms. The van der Waals surface area contributed by atoms with E-state index in [2.05, 4.69) is 10.3 Å². The number of nitrogens with zero attached hydrogens (tertiary/aromatic N) is 2. The second-order valence-corrected chi connectivity index (χ2v) is 4.90. The molecule has 18 heavy (non-hydrogen) atoms. The third-order valence-electron chi connectivity index (χ3n) is 2.76. The van der Waals surface area contributed by atoms with Crippen LogP contribution < -0.4 is 16.0 Å². The van der Waals surface area contributed by atoms with Gasteiger partial charge in [0.15, 0.2) is 0 Å². The number of carbonyl (C=O) groups is 1. The minimum atomic E-state index is 0.0358. The Morgan fingerprint density at radius 1 is 1.67 bits per heavy atom. The number of hydrogen-bond acceptors (Lipinski definition) is 4. The topological polar surface area (TPSA) is 71.2 Å². The van der Waals surface area contributed by atoms with Crippen LogP contribution in [0.1, 0.15) is 18.5 Å². The Hall–Kier alpha value is -1.69. The average molecular weight is 264 g/mol. The lowest BCUT2D eigenvalue weighted by atomic mass is 10.3. The van der Waals surface area contributed by atoms with E-state index in [1.165, 1.54) is 0 Å². The van der Waals surface area contributed by atoms with Gasteiger partial charge in [-0.05, 0) is 25.0 Å². The fourth-order valence-corrected chi connectivity index (χ4v) is 1.71. The molecule has 2 rings (SSSR count). The molecule has 0 unspecified atom stereocenters. The van der Waals surface area contributed by atoms with E-state index in [0.29, 0.717) is 18.3 Å². The van der Waals surface area contributed by atoms with Crippen molar-refractivity contribution in [1.29, 1.82) is 0 Å². The van der Waals surface area contributed by atoms with Gasteiger partial charge in [-0.2, -0.15) is 0 Å². The fourth-order valence-electron chi connectivity index (χ4n) is 1.60. The van der Waals surface area contributed by atoms with Crippen molar-refractivity contribution in [2.45, 2.75) is 18.9 Å². The summed E-state index contributed by atoms with van der Waals surface area (Å²) in [4.78, 5) is 17.8.